The van der Waals surface area contributed by atoms with Crippen LogP contribution in [0.5, 0.6) is 5.75 Å². The average molecular weight is 410 g/mol. The summed E-state index contributed by atoms with van der Waals surface area (Å²) in [4.78, 5) is 26.1. The molecule has 2 aromatic rings. The van der Waals surface area contributed by atoms with Crippen LogP contribution in [-0.2, 0) is 4.79 Å². The van der Waals surface area contributed by atoms with E-state index in [0.29, 0.717) is 21.4 Å². The smallest absolute Gasteiger partial charge is 0.276 e. The highest BCUT2D eigenvalue weighted by molar-refractivity contribution is 6.35. The molecule has 2 N–H and O–H groups in total. The maximum atomic E-state index is 12.1. The molecule has 0 atom stereocenters. The third-order valence-corrected chi connectivity index (χ3v) is 4.36. The molecule has 0 fully saturated rings. The van der Waals surface area contributed by atoms with Gasteiger partial charge in [-0.1, -0.05) is 23.2 Å². The quantitative estimate of drug-likeness (QED) is 0.684. The Morgan fingerprint density at radius 1 is 1.00 bits per heavy atom. The largest absolute Gasteiger partial charge is 0.482 e. The summed E-state index contributed by atoms with van der Waals surface area (Å²) in [5, 5.41) is 0.767. The number of hydrogen-bond donors (Lipinski definition) is 2. The van der Waals surface area contributed by atoms with Crippen LogP contribution in [-0.4, -0.2) is 31.5 Å². The lowest BCUT2D eigenvalue weighted by molar-refractivity contribution is -0.123. The van der Waals surface area contributed by atoms with E-state index >= 15 is 0 Å². The van der Waals surface area contributed by atoms with Gasteiger partial charge in [-0.25, -0.2) is 0 Å². The van der Waals surface area contributed by atoms with Crippen LogP contribution in [0.25, 0.3) is 0 Å². The fourth-order valence-electron chi connectivity index (χ4n) is 2.38. The number of benzene rings is 2. The molecule has 8 heteroatoms. The Hall–Kier alpha value is -2.44. The Morgan fingerprint density at radius 2 is 1.67 bits per heavy atom. The van der Waals surface area contributed by atoms with Crippen molar-refractivity contribution in [3.8, 4) is 5.75 Å². The van der Waals surface area contributed by atoms with Gasteiger partial charge in [0.1, 0.15) is 5.75 Å². The number of ether oxygens (including phenoxy) is 1. The van der Waals surface area contributed by atoms with Gasteiger partial charge in [-0.15, -0.1) is 0 Å². The van der Waals surface area contributed by atoms with Crippen LogP contribution in [0.3, 0.4) is 0 Å². The second-order valence-corrected chi connectivity index (χ2v) is 6.43. The van der Waals surface area contributed by atoms with Gasteiger partial charge in [-0.05, 0) is 56.3 Å². The van der Waals surface area contributed by atoms with Crippen LogP contribution in [0.15, 0.2) is 42.5 Å². The third kappa shape index (κ3) is 6.05. The summed E-state index contributed by atoms with van der Waals surface area (Å²) in [6.07, 6.45) is 0. The van der Waals surface area contributed by atoms with Gasteiger partial charge < -0.3 is 9.64 Å². The predicted octanol–water partition coefficient (Wildman–Crippen LogP) is 3.68. The van der Waals surface area contributed by atoms with Crippen molar-refractivity contribution < 1.29 is 14.3 Å². The first-order valence-corrected chi connectivity index (χ1v) is 9.22. The fraction of sp³-hybridized carbons (Fsp3) is 0.263. The number of halogens is 2. The highest BCUT2D eigenvalue weighted by Gasteiger charge is 2.10. The lowest BCUT2D eigenvalue weighted by Gasteiger charge is -2.21. The van der Waals surface area contributed by atoms with Crippen LogP contribution < -0.4 is 20.5 Å². The number of hydrazine groups is 1. The molecular formula is C19H21Cl2N3O3. The van der Waals surface area contributed by atoms with Crippen LogP contribution in [0.1, 0.15) is 24.2 Å². The maximum Gasteiger partial charge on any atom is 0.276 e. The molecule has 0 aliphatic carbocycles. The molecule has 144 valence electrons. The van der Waals surface area contributed by atoms with Crippen molar-refractivity contribution in [2.75, 3.05) is 24.6 Å². The van der Waals surface area contributed by atoms with Crippen LogP contribution >= 0.6 is 23.2 Å². The molecule has 6 nitrogen and oxygen atoms in total. The minimum atomic E-state index is -0.519. The van der Waals surface area contributed by atoms with Crippen molar-refractivity contribution in [2.24, 2.45) is 0 Å². The Labute approximate surface area is 168 Å². The van der Waals surface area contributed by atoms with E-state index < -0.39 is 11.8 Å². The molecule has 0 saturated heterocycles. The van der Waals surface area contributed by atoms with Gasteiger partial charge in [-0.3, -0.25) is 20.4 Å². The van der Waals surface area contributed by atoms with E-state index in [0.717, 1.165) is 18.8 Å². The third-order valence-electron chi connectivity index (χ3n) is 3.83. The lowest BCUT2D eigenvalue weighted by Crippen LogP contribution is -2.43. The molecule has 2 amide bonds. The number of nitrogens with one attached hydrogen (secondary N) is 2. The van der Waals surface area contributed by atoms with Gasteiger partial charge in [0.15, 0.2) is 6.61 Å². The average Bonchev–Trinajstić information content (AvgIpc) is 2.67. The van der Waals surface area contributed by atoms with Gasteiger partial charge in [0, 0.05) is 29.4 Å². The fourth-order valence-corrected chi connectivity index (χ4v) is 2.85. The van der Waals surface area contributed by atoms with E-state index in [9.17, 15) is 9.59 Å². The summed E-state index contributed by atoms with van der Waals surface area (Å²) < 4.78 is 5.30. The molecule has 2 aromatic carbocycles. The van der Waals surface area contributed by atoms with E-state index in [-0.39, 0.29) is 6.61 Å². The summed E-state index contributed by atoms with van der Waals surface area (Å²) in [5.74, 6) is -0.609. The predicted molar refractivity (Wildman–Crippen MR) is 108 cm³/mol. The van der Waals surface area contributed by atoms with Gasteiger partial charge >= 0.3 is 0 Å². The number of amides is 2. The first-order valence-electron chi connectivity index (χ1n) is 8.46. The van der Waals surface area contributed by atoms with Gasteiger partial charge in [0.2, 0.25) is 0 Å². The number of carbonyl (C=O) groups excluding carboxylic acids is 2. The molecule has 0 aliphatic heterocycles. The second-order valence-electron chi connectivity index (χ2n) is 5.58. The summed E-state index contributed by atoms with van der Waals surface area (Å²) in [6.45, 7) is 5.60. The molecule has 0 aliphatic rings. The standard InChI is InChI=1S/C19H21Cl2N3O3/c1-3-24(4-2)15-8-5-13(6-9-15)19(26)23-22-18(25)12-27-17-10-7-14(20)11-16(17)21/h5-11H,3-4,12H2,1-2H3,(H,22,25)(H,23,26). The molecule has 0 bridgehead atoms. The van der Waals surface area contributed by atoms with Crippen molar-refractivity contribution in [3.05, 3.63) is 58.1 Å². The summed E-state index contributed by atoms with van der Waals surface area (Å²) in [6, 6.07) is 11.8. The van der Waals surface area contributed by atoms with Gasteiger partial charge in [0.25, 0.3) is 11.8 Å². The van der Waals surface area contributed by atoms with Crippen molar-refractivity contribution in [3.63, 3.8) is 0 Å². The highest BCUT2D eigenvalue weighted by atomic mass is 35.5. The molecule has 2 rings (SSSR count). The van der Waals surface area contributed by atoms with Gasteiger partial charge in [-0.2, -0.15) is 0 Å². The van der Waals surface area contributed by atoms with E-state index in [1.165, 1.54) is 6.07 Å². The number of anilines is 1. The Morgan fingerprint density at radius 3 is 2.26 bits per heavy atom. The molecule has 0 spiro atoms. The highest BCUT2D eigenvalue weighted by Crippen LogP contribution is 2.27. The monoisotopic (exact) mass is 409 g/mol. The molecule has 0 aromatic heterocycles. The zero-order valence-electron chi connectivity index (χ0n) is 15.1. The minimum Gasteiger partial charge on any atom is -0.482 e. The van der Waals surface area contributed by atoms with Crippen molar-refractivity contribution in [1.82, 2.24) is 10.9 Å². The first kappa shape index (κ1) is 20.9. The van der Waals surface area contributed by atoms with Gasteiger partial charge in [0.05, 0.1) is 5.02 Å². The van der Waals surface area contributed by atoms with Crippen LogP contribution in [0, 0.1) is 0 Å². The van der Waals surface area contributed by atoms with E-state index in [1.54, 1.807) is 24.3 Å². The molecule has 0 heterocycles. The number of hydrogen-bond acceptors (Lipinski definition) is 4. The Balaban J connectivity index is 1.83. The lowest BCUT2D eigenvalue weighted by atomic mass is 10.2. The SMILES string of the molecule is CCN(CC)c1ccc(C(=O)NNC(=O)COc2ccc(Cl)cc2Cl)cc1. The van der Waals surface area contributed by atoms with Crippen molar-refractivity contribution in [2.45, 2.75) is 13.8 Å². The summed E-state index contributed by atoms with van der Waals surface area (Å²) >= 11 is 11.8. The molecule has 27 heavy (non-hydrogen) atoms. The molecule has 0 saturated carbocycles. The Kier molecular flexibility index (Phi) is 7.76. The normalized spacial score (nSPS) is 10.2. The van der Waals surface area contributed by atoms with Crippen LogP contribution in [0.4, 0.5) is 5.69 Å². The minimum absolute atomic E-state index is 0.299. The van der Waals surface area contributed by atoms with Crippen LogP contribution in [0.2, 0.25) is 10.0 Å². The first-order chi connectivity index (χ1) is 12.9. The molecule has 0 radical (unpaired) electrons. The number of rotatable bonds is 7. The summed E-state index contributed by atoms with van der Waals surface area (Å²) in [7, 11) is 0. The van der Waals surface area contributed by atoms with E-state index in [2.05, 4.69) is 29.6 Å². The van der Waals surface area contributed by atoms with E-state index in [4.69, 9.17) is 27.9 Å². The topological polar surface area (TPSA) is 70.7 Å². The molecular weight excluding hydrogens is 389 g/mol. The maximum absolute atomic E-state index is 12.1. The zero-order chi connectivity index (χ0) is 19.8. The van der Waals surface area contributed by atoms with Crippen molar-refractivity contribution in [1.29, 1.82) is 0 Å². The molecule has 0 unspecified atom stereocenters. The van der Waals surface area contributed by atoms with E-state index in [1.807, 2.05) is 12.1 Å². The summed E-state index contributed by atoms with van der Waals surface area (Å²) in [5.41, 5.74) is 6.12. The second kappa shape index (κ2) is 10.0. The number of nitrogens with zero attached hydrogens (tertiary/aromatic N) is 1. The Bertz CT molecular complexity index is 793. The van der Waals surface area contributed by atoms with Crippen molar-refractivity contribution >= 4 is 40.7 Å². The zero-order valence-corrected chi connectivity index (χ0v) is 16.6. The number of carbonyl (C=O) groups is 2.